The van der Waals surface area contributed by atoms with Crippen molar-refractivity contribution in [1.29, 1.82) is 0 Å². The molecule has 22 heavy (non-hydrogen) atoms. The van der Waals surface area contributed by atoms with Crippen molar-refractivity contribution in [3.8, 4) is 5.69 Å². The number of benzene rings is 3. The van der Waals surface area contributed by atoms with Gasteiger partial charge in [-0.3, -0.25) is 0 Å². The zero-order valence-electron chi connectivity index (χ0n) is 11.8. The Morgan fingerprint density at radius 2 is 1.18 bits per heavy atom. The Morgan fingerprint density at radius 1 is 0.682 bits per heavy atom. The van der Waals surface area contributed by atoms with Gasteiger partial charge in [0.05, 0.1) is 11.0 Å². The van der Waals surface area contributed by atoms with Crippen LogP contribution in [0.4, 0.5) is 0 Å². The van der Waals surface area contributed by atoms with Gasteiger partial charge in [0.2, 0.25) is 0 Å². The average Bonchev–Trinajstić information content (AvgIpc) is 2.81. The topological polar surface area (TPSA) is 4.93 Å². The first-order valence-corrected chi connectivity index (χ1v) is 7.78. The van der Waals surface area contributed by atoms with Gasteiger partial charge in [0, 0.05) is 20.9 Å². The standard InChI is InChI=1S/C18H10B2BrN/c19-11-1-7-17-15(9-11)16-10-12(20)2-8-18(16)22(17)14-5-3-13(21)4-6-14/h1-10H. The lowest BCUT2D eigenvalue weighted by molar-refractivity contribution is 1.18. The molecule has 0 atom stereocenters. The fourth-order valence-corrected chi connectivity index (χ4v) is 3.19. The summed E-state index contributed by atoms with van der Waals surface area (Å²) in [6, 6.07) is 20.3. The molecule has 4 heteroatoms. The summed E-state index contributed by atoms with van der Waals surface area (Å²) >= 11 is 3.48. The Hall–Kier alpha value is -1.93. The van der Waals surface area contributed by atoms with Crippen LogP contribution in [0, 0.1) is 0 Å². The molecule has 1 aromatic heterocycles. The second kappa shape index (κ2) is 5.06. The summed E-state index contributed by atoms with van der Waals surface area (Å²) in [4.78, 5) is 0. The van der Waals surface area contributed by atoms with E-state index in [1.807, 2.05) is 36.4 Å². The normalized spacial score (nSPS) is 11.3. The molecule has 0 aliphatic carbocycles. The predicted octanol–water partition coefficient (Wildman–Crippen LogP) is 3.13. The van der Waals surface area contributed by atoms with Crippen LogP contribution in [0.3, 0.4) is 0 Å². The van der Waals surface area contributed by atoms with E-state index >= 15 is 0 Å². The predicted molar refractivity (Wildman–Crippen MR) is 99.3 cm³/mol. The summed E-state index contributed by atoms with van der Waals surface area (Å²) < 4.78 is 3.29. The molecule has 3 aromatic carbocycles. The molecule has 1 heterocycles. The second-order valence-electron chi connectivity index (χ2n) is 5.36. The van der Waals surface area contributed by atoms with E-state index in [0.29, 0.717) is 0 Å². The van der Waals surface area contributed by atoms with E-state index in [0.717, 1.165) is 42.9 Å². The van der Waals surface area contributed by atoms with E-state index in [1.54, 1.807) is 0 Å². The first kappa shape index (κ1) is 13.7. The number of hydrogen-bond acceptors (Lipinski definition) is 0. The van der Waals surface area contributed by atoms with Crippen molar-refractivity contribution >= 4 is 64.4 Å². The Morgan fingerprint density at radius 3 is 1.68 bits per heavy atom. The summed E-state index contributed by atoms with van der Waals surface area (Å²) in [6.07, 6.45) is 0. The Balaban J connectivity index is 2.17. The molecule has 1 nitrogen and oxygen atoms in total. The van der Waals surface area contributed by atoms with Crippen molar-refractivity contribution in [2.45, 2.75) is 0 Å². The number of rotatable bonds is 1. The highest BCUT2D eigenvalue weighted by atomic mass is 79.9. The number of hydrogen-bond donors (Lipinski definition) is 0. The molecule has 0 aliphatic heterocycles. The molecule has 4 rings (SSSR count). The number of fused-ring (bicyclic) bond motifs is 3. The molecule has 0 unspecified atom stereocenters. The van der Waals surface area contributed by atoms with E-state index in [9.17, 15) is 0 Å². The summed E-state index contributed by atoms with van der Waals surface area (Å²) in [5, 5.41) is 2.23. The van der Waals surface area contributed by atoms with Crippen molar-refractivity contribution in [2.24, 2.45) is 0 Å². The molecule has 0 bridgehead atoms. The molecular weight excluding hydrogens is 332 g/mol. The molecule has 4 aromatic rings. The highest BCUT2D eigenvalue weighted by molar-refractivity contribution is 9.10. The van der Waals surface area contributed by atoms with Gasteiger partial charge in [0.25, 0.3) is 0 Å². The SMILES string of the molecule is [B]c1ccc2c(c1)c1cc([B])ccc1n2-c1ccc(Br)cc1. The van der Waals surface area contributed by atoms with Gasteiger partial charge in [-0.15, -0.1) is 0 Å². The molecule has 4 radical (unpaired) electrons. The minimum atomic E-state index is 0.754. The molecule has 0 amide bonds. The quantitative estimate of drug-likeness (QED) is 0.469. The Kier molecular flexibility index (Phi) is 3.16. The number of halogens is 1. The summed E-state index contributed by atoms with van der Waals surface area (Å²) in [5.41, 5.74) is 4.86. The minimum absolute atomic E-state index is 0.754. The minimum Gasteiger partial charge on any atom is -0.309 e. The van der Waals surface area contributed by atoms with Gasteiger partial charge in [-0.2, -0.15) is 0 Å². The first-order chi connectivity index (χ1) is 10.6. The van der Waals surface area contributed by atoms with Gasteiger partial charge in [-0.25, -0.2) is 0 Å². The maximum absolute atomic E-state index is 5.97. The molecule has 0 saturated heterocycles. The highest BCUT2D eigenvalue weighted by Gasteiger charge is 2.12. The van der Waals surface area contributed by atoms with Crippen LogP contribution in [0.2, 0.25) is 0 Å². The van der Waals surface area contributed by atoms with Crippen LogP contribution in [-0.4, -0.2) is 20.3 Å². The number of aromatic nitrogens is 1. The van der Waals surface area contributed by atoms with Crippen LogP contribution < -0.4 is 10.9 Å². The van der Waals surface area contributed by atoms with Crippen LogP contribution in [0.5, 0.6) is 0 Å². The average molecular weight is 342 g/mol. The van der Waals surface area contributed by atoms with Crippen molar-refractivity contribution in [3.05, 3.63) is 65.1 Å². The van der Waals surface area contributed by atoms with Crippen LogP contribution >= 0.6 is 15.9 Å². The third kappa shape index (κ3) is 2.10. The van der Waals surface area contributed by atoms with Crippen molar-refractivity contribution in [1.82, 2.24) is 4.57 Å². The van der Waals surface area contributed by atoms with Gasteiger partial charge in [0.15, 0.2) is 0 Å². The number of nitrogens with zero attached hydrogens (tertiary/aromatic N) is 1. The lowest BCUT2D eigenvalue weighted by Crippen LogP contribution is -2.00. The zero-order chi connectivity index (χ0) is 15.3. The monoisotopic (exact) mass is 341 g/mol. The molecule has 0 N–H and O–H groups in total. The smallest absolute Gasteiger partial charge is 0.113 e. The zero-order valence-corrected chi connectivity index (χ0v) is 13.3. The Bertz CT molecular complexity index is 944. The van der Waals surface area contributed by atoms with Crippen LogP contribution in [0.15, 0.2) is 65.1 Å². The third-order valence-corrected chi connectivity index (χ3v) is 4.43. The van der Waals surface area contributed by atoms with E-state index in [4.69, 9.17) is 15.7 Å². The van der Waals surface area contributed by atoms with Crippen molar-refractivity contribution in [3.63, 3.8) is 0 Å². The summed E-state index contributed by atoms with van der Waals surface area (Å²) in [6.45, 7) is 0. The molecule has 0 spiro atoms. The van der Waals surface area contributed by atoms with Crippen LogP contribution in [0.25, 0.3) is 27.5 Å². The fraction of sp³-hybridized carbons (Fsp3) is 0. The molecule has 0 aliphatic rings. The highest BCUT2D eigenvalue weighted by Crippen LogP contribution is 2.31. The first-order valence-electron chi connectivity index (χ1n) is 6.98. The van der Waals surface area contributed by atoms with E-state index in [1.165, 1.54) is 0 Å². The van der Waals surface area contributed by atoms with Crippen LogP contribution in [-0.2, 0) is 0 Å². The molecule has 0 saturated carbocycles. The largest absolute Gasteiger partial charge is 0.309 e. The van der Waals surface area contributed by atoms with E-state index < -0.39 is 0 Å². The molecule has 100 valence electrons. The van der Waals surface area contributed by atoms with Gasteiger partial charge in [-0.05, 0) is 36.4 Å². The van der Waals surface area contributed by atoms with Crippen molar-refractivity contribution in [2.75, 3.05) is 0 Å². The van der Waals surface area contributed by atoms with Gasteiger partial charge < -0.3 is 4.57 Å². The summed E-state index contributed by atoms with van der Waals surface area (Å²) in [5.74, 6) is 0. The van der Waals surface area contributed by atoms with E-state index in [2.05, 4.69) is 44.8 Å². The maximum atomic E-state index is 5.97. The van der Waals surface area contributed by atoms with Gasteiger partial charge in [0.1, 0.15) is 15.7 Å². The second-order valence-corrected chi connectivity index (χ2v) is 6.28. The Labute approximate surface area is 139 Å². The lowest BCUT2D eigenvalue weighted by Gasteiger charge is -2.08. The third-order valence-electron chi connectivity index (χ3n) is 3.90. The fourth-order valence-electron chi connectivity index (χ4n) is 2.93. The van der Waals surface area contributed by atoms with E-state index in [-0.39, 0.29) is 0 Å². The molecule has 0 fully saturated rings. The lowest BCUT2D eigenvalue weighted by atomic mass is 9.92. The summed E-state index contributed by atoms with van der Waals surface area (Å²) in [7, 11) is 11.9. The maximum Gasteiger partial charge on any atom is 0.113 e. The van der Waals surface area contributed by atoms with Gasteiger partial charge in [-0.1, -0.05) is 51.1 Å². The van der Waals surface area contributed by atoms with Crippen LogP contribution in [0.1, 0.15) is 0 Å². The molecular formula is C18H10B2BrN. The van der Waals surface area contributed by atoms with Gasteiger partial charge >= 0.3 is 0 Å². The van der Waals surface area contributed by atoms with Crippen molar-refractivity contribution < 1.29 is 0 Å².